The predicted molar refractivity (Wildman–Crippen MR) is 67.9 cm³/mol. The van der Waals surface area contributed by atoms with E-state index in [4.69, 9.17) is 14.6 Å². The second-order valence-corrected chi connectivity index (χ2v) is 5.61. The molecule has 0 bridgehead atoms. The minimum atomic E-state index is -0.796. The number of hydrogen-bond acceptors (Lipinski definition) is 3. The van der Waals surface area contributed by atoms with Crippen LogP contribution in [0.15, 0.2) is 16.6 Å². The normalized spacial score (nSPS) is 18.7. The summed E-state index contributed by atoms with van der Waals surface area (Å²) >= 11 is 3.45. The number of aliphatic carboxylic acids is 1. The molecule has 1 aliphatic heterocycles. The number of carboxylic acid groups (broad SMARTS) is 1. The van der Waals surface area contributed by atoms with Gasteiger partial charge in [0.1, 0.15) is 0 Å². The molecule has 1 saturated carbocycles. The molecule has 96 valence electrons. The zero-order valence-corrected chi connectivity index (χ0v) is 11.3. The largest absolute Gasteiger partial charge is 0.481 e. The smallest absolute Gasteiger partial charge is 0.303 e. The molecule has 1 aromatic carbocycles. The van der Waals surface area contributed by atoms with E-state index in [0.717, 1.165) is 40.8 Å². The zero-order valence-electron chi connectivity index (χ0n) is 9.74. The first-order chi connectivity index (χ1) is 8.58. The minimum Gasteiger partial charge on any atom is -0.481 e. The van der Waals surface area contributed by atoms with Crippen LogP contribution in [0.3, 0.4) is 0 Å². The highest BCUT2D eigenvalue weighted by molar-refractivity contribution is 9.10. The Bertz CT molecular complexity index is 508. The van der Waals surface area contributed by atoms with E-state index in [0.29, 0.717) is 6.42 Å². The minimum absolute atomic E-state index is 0.114. The van der Waals surface area contributed by atoms with Gasteiger partial charge in [-0.3, -0.25) is 4.79 Å². The van der Waals surface area contributed by atoms with Gasteiger partial charge in [0.2, 0.25) is 0 Å². The Labute approximate surface area is 113 Å². The molecule has 1 spiro atoms. The Morgan fingerprint density at radius 1 is 1.33 bits per heavy atom. The Morgan fingerprint density at radius 3 is 2.56 bits per heavy atom. The van der Waals surface area contributed by atoms with E-state index in [2.05, 4.69) is 15.9 Å². The number of halogens is 1. The van der Waals surface area contributed by atoms with Crippen molar-refractivity contribution in [3.8, 4) is 11.5 Å². The van der Waals surface area contributed by atoms with Crippen LogP contribution in [0.25, 0.3) is 0 Å². The van der Waals surface area contributed by atoms with E-state index in [1.165, 1.54) is 0 Å². The number of benzene rings is 1. The average molecular weight is 313 g/mol. The molecule has 0 saturated heterocycles. The molecule has 5 heteroatoms. The van der Waals surface area contributed by atoms with E-state index in [9.17, 15) is 4.79 Å². The maximum absolute atomic E-state index is 10.6. The molecule has 0 aromatic heterocycles. The first-order valence-corrected chi connectivity index (χ1v) is 6.80. The third-order valence-corrected chi connectivity index (χ3v) is 4.17. The summed E-state index contributed by atoms with van der Waals surface area (Å²) in [4.78, 5) is 10.6. The van der Waals surface area contributed by atoms with Crippen molar-refractivity contribution in [3.63, 3.8) is 0 Å². The molecule has 1 aromatic rings. The highest BCUT2D eigenvalue weighted by Crippen LogP contribution is 2.49. The molecular formula is C13H13BrO4. The first-order valence-electron chi connectivity index (χ1n) is 6.00. The van der Waals surface area contributed by atoms with Crippen molar-refractivity contribution in [1.29, 1.82) is 0 Å². The van der Waals surface area contributed by atoms with Gasteiger partial charge in [-0.05, 0) is 30.5 Å². The number of hydrogen-bond donors (Lipinski definition) is 1. The molecule has 1 N–H and O–H groups in total. The highest BCUT2D eigenvalue weighted by atomic mass is 79.9. The number of fused-ring (bicyclic) bond motifs is 1. The topological polar surface area (TPSA) is 55.8 Å². The lowest BCUT2D eigenvalue weighted by molar-refractivity contribution is -0.139. The Kier molecular flexibility index (Phi) is 2.73. The van der Waals surface area contributed by atoms with Gasteiger partial charge in [-0.25, -0.2) is 0 Å². The van der Waals surface area contributed by atoms with Crippen LogP contribution in [0.4, 0.5) is 0 Å². The van der Waals surface area contributed by atoms with Crippen molar-refractivity contribution in [2.75, 3.05) is 0 Å². The molecule has 0 atom stereocenters. The fourth-order valence-corrected chi connectivity index (χ4v) is 2.78. The van der Waals surface area contributed by atoms with Gasteiger partial charge >= 0.3 is 5.97 Å². The summed E-state index contributed by atoms with van der Waals surface area (Å²) in [6.07, 6.45) is 3.57. The summed E-state index contributed by atoms with van der Waals surface area (Å²) in [7, 11) is 0. The number of carboxylic acids is 1. The van der Waals surface area contributed by atoms with Crippen molar-refractivity contribution in [2.24, 2.45) is 0 Å². The van der Waals surface area contributed by atoms with Gasteiger partial charge in [0.15, 0.2) is 11.5 Å². The summed E-state index contributed by atoms with van der Waals surface area (Å²) in [6.45, 7) is 0. The standard InChI is InChI=1S/C13H13BrO4/c14-9-7-11-10(6-8(9)2-3-12(15)16)17-13(18-11)4-1-5-13/h6-7H,1-5H2,(H,15,16). The quantitative estimate of drug-likeness (QED) is 0.931. The van der Waals surface area contributed by atoms with Crippen LogP contribution in [-0.4, -0.2) is 16.9 Å². The van der Waals surface area contributed by atoms with Gasteiger partial charge in [-0.1, -0.05) is 15.9 Å². The fraction of sp³-hybridized carbons (Fsp3) is 0.462. The van der Waals surface area contributed by atoms with Crippen LogP contribution >= 0.6 is 15.9 Å². The molecule has 0 unspecified atom stereocenters. The van der Waals surface area contributed by atoms with Crippen molar-refractivity contribution in [3.05, 3.63) is 22.2 Å². The molecule has 3 rings (SSSR count). The number of ether oxygens (including phenoxy) is 2. The van der Waals surface area contributed by atoms with Crippen LogP contribution in [0.1, 0.15) is 31.2 Å². The molecule has 4 nitrogen and oxygen atoms in total. The zero-order chi connectivity index (χ0) is 12.8. The second-order valence-electron chi connectivity index (χ2n) is 4.75. The summed E-state index contributed by atoms with van der Waals surface area (Å²) in [5.41, 5.74) is 0.941. The number of rotatable bonds is 3. The maximum Gasteiger partial charge on any atom is 0.303 e. The van der Waals surface area contributed by atoms with Gasteiger partial charge < -0.3 is 14.6 Å². The van der Waals surface area contributed by atoms with Crippen molar-refractivity contribution in [2.45, 2.75) is 37.9 Å². The van der Waals surface area contributed by atoms with Gasteiger partial charge in [0.05, 0.1) is 0 Å². The Hall–Kier alpha value is -1.23. The second kappa shape index (κ2) is 4.16. The third-order valence-electron chi connectivity index (χ3n) is 3.43. The van der Waals surface area contributed by atoms with Crippen LogP contribution < -0.4 is 9.47 Å². The Balaban J connectivity index is 1.83. The predicted octanol–water partition coefficient (Wildman–Crippen LogP) is 3.12. The highest BCUT2D eigenvalue weighted by Gasteiger charge is 2.47. The SMILES string of the molecule is O=C(O)CCc1cc2c(cc1Br)OC1(CCC1)O2. The van der Waals surface area contributed by atoms with E-state index in [1.807, 2.05) is 12.1 Å². The molecular weight excluding hydrogens is 300 g/mol. The average Bonchev–Trinajstić information content (AvgIpc) is 2.64. The summed E-state index contributed by atoms with van der Waals surface area (Å²) in [5.74, 6) is 0.252. The maximum atomic E-state index is 10.6. The molecule has 0 radical (unpaired) electrons. The van der Waals surface area contributed by atoms with Crippen LogP contribution in [-0.2, 0) is 11.2 Å². The van der Waals surface area contributed by atoms with Gasteiger partial charge in [0, 0.05) is 23.7 Å². The lowest BCUT2D eigenvalue weighted by Gasteiger charge is -2.35. The monoisotopic (exact) mass is 312 g/mol. The summed E-state index contributed by atoms with van der Waals surface area (Å²) in [5, 5.41) is 8.72. The van der Waals surface area contributed by atoms with Crippen LogP contribution in [0, 0.1) is 0 Å². The Morgan fingerprint density at radius 2 is 2.00 bits per heavy atom. The van der Waals surface area contributed by atoms with Gasteiger partial charge in [0.25, 0.3) is 5.79 Å². The molecule has 18 heavy (non-hydrogen) atoms. The van der Waals surface area contributed by atoms with Crippen LogP contribution in [0.2, 0.25) is 0 Å². The van der Waals surface area contributed by atoms with Crippen molar-refractivity contribution < 1.29 is 19.4 Å². The number of aryl methyl sites for hydroxylation is 1. The van der Waals surface area contributed by atoms with Gasteiger partial charge in [-0.15, -0.1) is 0 Å². The van der Waals surface area contributed by atoms with Crippen LogP contribution in [0.5, 0.6) is 11.5 Å². The van der Waals surface area contributed by atoms with Crippen molar-refractivity contribution in [1.82, 2.24) is 0 Å². The van der Waals surface area contributed by atoms with E-state index in [1.54, 1.807) is 0 Å². The fourth-order valence-electron chi connectivity index (χ4n) is 2.26. The van der Waals surface area contributed by atoms with E-state index >= 15 is 0 Å². The molecule has 2 aliphatic rings. The number of carbonyl (C=O) groups is 1. The van der Waals surface area contributed by atoms with E-state index < -0.39 is 11.8 Å². The molecule has 1 heterocycles. The van der Waals surface area contributed by atoms with Gasteiger partial charge in [-0.2, -0.15) is 0 Å². The lowest BCUT2D eigenvalue weighted by Crippen LogP contribution is -2.45. The molecule has 1 fully saturated rings. The van der Waals surface area contributed by atoms with Crippen molar-refractivity contribution >= 4 is 21.9 Å². The summed E-state index contributed by atoms with van der Waals surface area (Å²) in [6, 6.07) is 3.76. The third kappa shape index (κ3) is 1.96. The van der Waals surface area contributed by atoms with E-state index in [-0.39, 0.29) is 6.42 Å². The summed E-state index contributed by atoms with van der Waals surface area (Å²) < 4.78 is 12.5. The first kappa shape index (κ1) is 11.8. The molecule has 0 amide bonds. The molecule has 1 aliphatic carbocycles. The lowest BCUT2D eigenvalue weighted by atomic mass is 9.91.